The van der Waals surface area contributed by atoms with Crippen molar-refractivity contribution in [1.29, 1.82) is 0 Å². The molecule has 0 saturated carbocycles. The number of hydrogen-bond acceptors (Lipinski definition) is 4. The lowest BCUT2D eigenvalue weighted by Crippen LogP contribution is -2.24. The van der Waals surface area contributed by atoms with E-state index in [9.17, 15) is 4.79 Å². The molecule has 5 nitrogen and oxygen atoms in total. The van der Waals surface area contributed by atoms with Crippen LogP contribution in [0.5, 0.6) is 0 Å². The maximum absolute atomic E-state index is 12.4. The fourth-order valence-electron chi connectivity index (χ4n) is 2.19. The molecular weight excluding hydrogens is 322 g/mol. The van der Waals surface area contributed by atoms with Crippen LogP contribution in [0, 0.1) is 6.92 Å². The molecule has 0 saturated heterocycles. The molecule has 3 aromatic rings. The zero-order valence-electron chi connectivity index (χ0n) is 12.9. The monoisotopic (exact) mass is 337 g/mol. The minimum atomic E-state index is -0.132. The van der Waals surface area contributed by atoms with E-state index in [-0.39, 0.29) is 5.43 Å². The lowest BCUT2D eigenvalue weighted by molar-refractivity contribution is 0.601. The Hall–Kier alpha value is -2.99. The summed E-state index contributed by atoms with van der Waals surface area (Å²) in [5, 5.41) is 7.84. The molecule has 0 aliphatic rings. The molecule has 0 fully saturated rings. The van der Waals surface area contributed by atoms with Gasteiger partial charge in [0.1, 0.15) is 11.8 Å². The first-order chi connectivity index (χ1) is 11.6. The first-order valence-corrected chi connectivity index (χ1v) is 7.71. The first-order valence-electron chi connectivity index (χ1n) is 7.31. The number of nitrogens with one attached hydrogen (secondary N) is 2. The first kappa shape index (κ1) is 15.9. The Balaban J connectivity index is 1.73. The van der Waals surface area contributed by atoms with Crippen molar-refractivity contribution in [2.24, 2.45) is 5.10 Å². The lowest BCUT2D eigenvalue weighted by Gasteiger charge is -2.06. The summed E-state index contributed by atoms with van der Waals surface area (Å²) in [4.78, 5) is 12.4. The van der Waals surface area contributed by atoms with E-state index in [1.165, 1.54) is 12.5 Å². The molecule has 120 valence electrons. The smallest absolute Gasteiger partial charge is 0.201 e. The molecule has 0 radical (unpaired) electrons. The summed E-state index contributed by atoms with van der Waals surface area (Å²) in [6.07, 6.45) is 2.78. The van der Waals surface area contributed by atoms with Crippen LogP contribution >= 0.6 is 12.2 Å². The summed E-state index contributed by atoms with van der Waals surface area (Å²) in [5.74, 6) is 0. The van der Waals surface area contributed by atoms with Gasteiger partial charge < -0.3 is 9.73 Å². The predicted octanol–water partition coefficient (Wildman–Crippen LogP) is 3.42. The van der Waals surface area contributed by atoms with E-state index in [1.54, 1.807) is 12.1 Å². The Bertz CT molecular complexity index is 965. The van der Waals surface area contributed by atoms with Crippen LogP contribution < -0.4 is 16.2 Å². The molecule has 0 aliphatic heterocycles. The Labute approximate surface area is 144 Å². The molecule has 0 spiro atoms. The predicted molar refractivity (Wildman–Crippen MR) is 101 cm³/mol. The average molecular weight is 337 g/mol. The Morgan fingerprint density at radius 1 is 1.21 bits per heavy atom. The zero-order valence-corrected chi connectivity index (χ0v) is 13.8. The Morgan fingerprint density at radius 3 is 2.79 bits per heavy atom. The van der Waals surface area contributed by atoms with Crippen LogP contribution in [-0.2, 0) is 0 Å². The van der Waals surface area contributed by atoms with E-state index in [4.69, 9.17) is 16.6 Å². The number of anilines is 1. The van der Waals surface area contributed by atoms with Crippen molar-refractivity contribution in [1.82, 2.24) is 5.43 Å². The molecule has 24 heavy (non-hydrogen) atoms. The standard InChI is InChI=1S/C18H15N3O2S/c1-12-7-8-16-15(9-12)17(22)13(11-23-16)10-19-21-18(24)20-14-5-3-2-4-6-14/h2-11H,1H3,(H2,20,21,24)/b19-10+. The van der Waals surface area contributed by atoms with Crippen molar-refractivity contribution in [2.75, 3.05) is 5.32 Å². The molecule has 0 atom stereocenters. The summed E-state index contributed by atoms with van der Waals surface area (Å²) in [6, 6.07) is 15.0. The number of hydrazone groups is 1. The van der Waals surface area contributed by atoms with Crippen LogP contribution in [0.2, 0.25) is 0 Å². The van der Waals surface area contributed by atoms with Gasteiger partial charge in [0.2, 0.25) is 5.43 Å². The molecule has 0 amide bonds. The van der Waals surface area contributed by atoms with Gasteiger partial charge in [-0.3, -0.25) is 10.2 Å². The lowest BCUT2D eigenvalue weighted by atomic mass is 10.1. The summed E-state index contributed by atoms with van der Waals surface area (Å²) in [7, 11) is 0. The molecule has 0 aliphatic carbocycles. The van der Waals surface area contributed by atoms with Gasteiger partial charge in [0.25, 0.3) is 0 Å². The Morgan fingerprint density at radius 2 is 2.00 bits per heavy atom. The number of para-hydroxylation sites is 1. The fraction of sp³-hybridized carbons (Fsp3) is 0.0556. The second-order valence-electron chi connectivity index (χ2n) is 5.21. The maximum Gasteiger partial charge on any atom is 0.201 e. The molecule has 1 heterocycles. The highest BCUT2D eigenvalue weighted by atomic mass is 32.1. The maximum atomic E-state index is 12.4. The third-order valence-corrected chi connectivity index (χ3v) is 3.55. The van der Waals surface area contributed by atoms with Crippen molar-refractivity contribution in [3.05, 3.63) is 76.1 Å². The largest absolute Gasteiger partial charge is 0.463 e. The zero-order chi connectivity index (χ0) is 16.9. The van der Waals surface area contributed by atoms with Crippen LogP contribution in [0.15, 0.2) is 69.1 Å². The average Bonchev–Trinajstić information content (AvgIpc) is 2.58. The summed E-state index contributed by atoms with van der Waals surface area (Å²) in [5.41, 5.74) is 5.29. The molecule has 3 rings (SSSR count). The number of nitrogens with zero attached hydrogens (tertiary/aromatic N) is 1. The van der Waals surface area contributed by atoms with Gasteiger partial charge in [-0.05, 0) is 43.4 Å². The molecule has 1 aromatic heterocycles. The number of thiocarbonyl (C=S) groups is 1. The van der Waals surface area contributed by atoms with Crippen molar-refractivity contribution in [3.63, 3.8) is 0 Å². The fourth-order valence-corrected chi connectivity index (χ4v) is 2.36. The number of fused-ring (bicyclic) bond motifs is 1. The van der Waals surface area contributed by atoms with Crippen molar-refractivity contribution < 1.29 is 4.42 Å². The van der Waals surface area contributed by atoms with E-state index in [1.807, 2.05) is 43.3 Å². The van der Waals surface area contributed by atoms with Crippen LogP contribution in [0.25, 0.3) is 11.0 Å². The molecule has 2 aromatic carbocycles. The normalized spacial score (nSPS) is 10.9. The van der Waals surface area contributed by atoms with Gasteiger partial charge in [-0.15, -0.1) is 0 Å². The summed E-state index contributed by atoms with van der Waals surface area (Å²) < 4.78 is 5.46. The molecule has 2 N–H and O–H groups in total. The highest BCUT2D eigenvalue weighted by Crippen LogP contribution is 2.12. The molecule has 6 heteroatoms. The topological polar surface area (TPSA) is 66.6 Å². The second-order valence-corrected chi connectivity index (χ2v) is 5.62. The van der Waals surface area contributed by atoms with Crippen molar-refractivity contribution in [3.8, 4) is 0 Å². The number of benzene rings is 2. The summed E-state index contributed by atoms with van der Waals surface area (Å²) >= 11 is 5.14. The molecule has 0 bridgehead atoms. The van der Waals surface area contributed by atoms with E-state index in [0.29, 0.717) is 21.6 Å². The highest BCUT2D eigenvalue weighted by Gasteiger charge is 2.05. The van der Waals surface area contributed by atoms with Gasteiger partial charge in [0, 0.05) is 5.69 Å². The van der Waals surface area contributed by atoms with Gasteiger partial charge in [-0.1, -0.05) is 29.8 Å². The SMILES string of the molecule is Cc1ccc2occ(/C=N/NC(=S)Nc3ccccc3)c(=O)c2c1. The van der Waals surface area contributed by atoms with E-state index < -0.39 is 0 Å². The second kappa shape index (κ2) is 7.06. The van der Waals surface area contributed by atoms with Gasteiger partial charge in [0.15, 0.2) is 5.11 Å². The van der Waals surface area contributed by atoms with Crippen LogP contribution in [0.3, 0.4) is 0 Å². The van der Waals surface area contributed by atoms with E-state index in [0.717, 1.165) is 11.3 Å². The van der Waals surface area contributed by atoms with Crippen molar-refractivity contribution in [2.45, 2.75) is 6.92 Å². The number of aryl methyl sites for hydroxylation is 1. The van der Waals surface area contributed by atoms with Crippen molar-refractivity contribution >= 4 is 40.2 Å². The van der Waals surface area contributed by atoms with Crippen LogP contribution in [-0.4, -0.2) is 11.3 Å². The van der Waals surface area contributed by atoms with Crippen LogP contribution in [0.1, 0.15) is 11.1 Å². The third kappa shape index (κ3) is 3.67. The van der Waals surface area contributed by atoms with Crippen LogP contribution in [0.4, 0.5) is 5.69 Å². The molecular formula is C18H15N3O2S. The molecule has 0 unspecified atom stereocenters. The third-order valence-electron chi connectivity index (χ3n) is 3.36. The number of hydrogen-bond donors (Lipinski definition) is 2. The highest BCUT2D eigenvalue weighted by molar-refractivity contribution is 7.80. The van der Waals surface area contributed by atoms with Gasteiger partial charge in [-0.2, -0.15) is 5.10 Å². The van der Waals surface area contributed by atoms with Gasteiger partial charge >= 0.3 is 0 Å². The van der Waals surface area contributed by atoms with Gasteiger partial charge in [-0.25, -0.2) is 0 Å². The number of rotatable bonds is 3. The quantitative estimate of drug-likeness (QED) is 0.435. The van der Waals surface area contributed by atoms with Gasteiger partial charge in [0.05, 0.1) is 17.2 Å². The van der Waals surface area contributed by atoms with E-state index >= 15 is 0 Å². The Kier molecular flexibility index (Phi) is 4.67. The minimum absolute atomic E-state index is 0.132. The minimum Gasteiger partial charge on any atom is -0.463 e. The van der Waals surface area contributed by atoms with E-state index in [2.05, 4.69) is 15.8 Å². The summed E-state index contributed by atoms with van der Waals surface area (Å²) in [6.45, 7) is 1.93.